The summed E-state index contributed by atoms with van der Waals surface area (Å²) >= 11 is 8.15. The van der Waals surface area contributed by atoms with Gasteiger partial charge in [-0.15, -0.1) is 0 Å². The minimum absolute atomic E-state index is 0.288. The predicted molar refractivity (Wildman–Crippen MR) is 177 cm³/mol. The zero-order valence-electron chi connectivity index (χ0n) is 26.6. The molecule has 2 N–H and O–H groups in total. The molecular weight excluding hydrogens is 577 g/mol. The third kappa shape index (κ3) is 11.8. The van der Waals surface area contributed by atoms with Crippen molar-refractivity contribution in [3.05, 3.63) is 53.1 Å². The molecule has 2 rings (SSSR count). The van der Waals surface area contributed by atoms with Gasteiger partial charge in [-0.25, -0.2) is 0 Å². The maximum atomic E-state index is 13.1. The van der Waals surface area contributed by atoms with Crippen molar-refractivity contribution in [1.82, 2.24) is 0 Å². The fourth-order valence-electron chi connectivity index (χ4n) is 4.04. The van der Waals surface area contributed by atoms with E-state index in [-0.39, 0.29) is 5.02 Å². The van der Waals surface area contributed by atoms with Crippen molar-refractivity contribution in [2.75, 3.05) is 27.4 Å². The second kappa shape index (κ2) is 17.8. The second-order valence-corrected chi connectivity index (χ2v) is 16.4. The molecule has 0 heterocycles. The number of aryl methyl sites for hydroxylation is 1. The summed E-state index contributed by atoms with van der Waals surface area (Å²) in [6.07, 6.45) is 7.37. The van der Waals surface area contributed by atoms with Crippen LogP contribution in [-0.4, -0.2) is 38.7 Å². The quantitative estimate of drug-likeness (QED) is 0.155. The Morgan fingerprint density at radius 2 is 1.66 bits per heavy atom. The van der Waals surface area contributed by atoms with Crippen LogP contribution >= 0.6 is 30.6 Å². The fourth-order valence-corrected chi connectivity index (χ4v) is 8.02. The van der Waals surface area contributed by atoms with Crippen LogP contribution < -0.4 is 10.8 Å². The first-order valence-corrected chi connectivity index (χ1v) is 17.9. The van der Waals surface area contributed by atoms with E-state index in [0.29, 0.717) is 5.30 Å². The molecule has 1 atom stereocenters. The number of ether oxygens (including phenoxy) is 2. The molecule has 2 aromatic rings. The van der Waals surface area contributed by atoms with Crippen molar-refractivity contribution < 1.29 is 23.3 Å². The van der Waals surface area contributed by atoms with E-state index in [1.807, 2.05) is 18.2 Å². The Labute approximate surface area is 258 Å². The molecule has 6 nitrogen and oxygen atoms in total. The Balaban J connectivity index is 0.000000590. The van der Waals surface area contributed by atoms with Crippen LogP contribution in [0, 0.1) is 5.92 Å². The van der Waals surface area contributed by atoms with Crippen LogP contribution in [0.1, 0.15) is 86.1 Å². The number of nitrogens with two attached hydrogens (primary N) is 1. The van der Waals surface area contributed by atoms with Crippen LogP contribution in [0.5, 0.6) is 0 Å². The van der Waals surface area contributed by atoms with Crippen LogP contribution in [0.4, 0.5) is 4.79 Å². The van der Waals surface area contributed by atoms with Crippen LogP contribution in [0.25, 0.3) is 0 Å². The number of rotatable bonds is 15. The zero-order valence-corrected chi connectivity index (χ0v) is 29.1. The summed E-state index contributed by atoms with van der Waals surface area (Å²) in [4.78, 5) is 15.1. The van der Waals surface area contributed by atoms with E-state index in [9.17, 15) is 4.79 Å². The van der Waals surface area contributed by atoms with Gasteiger partial charge in [0.25, 0.3) is 0 Å². The number of benzene rings is 2. The molecule has 0 aliphatic heterocycles. The number of carbonyl (C=O) groups is 1. The summed E-state index contributed by atoms with van der Waals surface area (Å²) in [7, 11) is -1.84. The summed E-state index contributed by atoms with van der Waals surface area (Å²) in [5, 5.41) is 0.583. The van der Waals surface area contributed by atoms with E-state index < -0.39 is 18.5 Å². The number of carbonyl (C=O) groups excluding carboxylic acids is 1. The summed E-state index contributed by atoms with van der Waals surface area (Å²) in [6.45, 7) is 16.0. The molecule has 0 radical (unpaired) electrons. The Morgan fingerprint density at radius 1 is 1.00 bits per heavy atom. The van der Waals surface area contributed by atoms with Crippen molar-refractivity contribution in [3.8, 4) is 0 Å². The Hall–Kier alpha value is -1.18. The average Bonchev–Trinajstić information content (AvgIpc) is 2.92. The fraction of sp³-hybridized carbons (Fsp3) is 0.594. The van der Waals surface area contributed by atoms with Crippen LogP contribution in [0.15, 0.2) is 52.3 Å². The second-order valence-electron chi connectivity index (χ2n) is 11.3. The molecule has 0 bridgehead atoms. The van der Waals surface area contributed by atoms with E-state index in [1.54, 1.807) is 44.7 Å². The molecule has 0 aliphatic rings. The van der Waals surface area contributed by atoms with Crippen molar-refractivity contribution in [3.63, 3.8) is 0 Å². The molecule has 2 aromatic carbocycles. The molecule has 0 saturated carbocycles. The first-order chi connectivity index (χ1) is 19.3. The molecule has 234 valence electrons. The van der Waals surface area contributed by atoms with Gasteiger partial charge in [0.2, 0.25) is 0 Å². The normalized spacial score (nSPS) is 13.5. The molecule has 0 amide bonds. The van der Waals surface area contributed by atoms with Crippen LogP contribution in [0.3, 0.4) is 0 Å². The molecule has 0 saturated heterocycles. The van der Waals surface area contributed by atoms with Gasteiger partial charge < -0.3 is 4.74 Å². The van der Waals surface area contributed by atoms with E-state index in [1.165, 1.54) is 51.9 Å². The Morgan fingerprint density at radius 3 is 2.20 bits per heavy atom. The molecule has 0 aliphatic carbocycles. The first-order valence-electron chi connectivity index (χ1n) is 14.6. The topological polar surface area (TPSA) is 80.0 Å². The third-order valence-corrected chi connectivity index (χ3v) is 11.4. The summed E-state index contributed by atoms with van der Waals surface area (Å²) in [6, 6.07) is 13.6. The average molecular weight is 630 g/mol. The van der Waals surface area contributed by atoms with Gasteiger partial charge in [-0.05, 0) is 18.8 Å². The third-order valence-electron chi connectivity index (χ3n) is 6.46. The minimum atomic E-state index is -4.51. The van der Waals surface area contributed by atoms with Gasteiger partial charge in [0.1, 0.15) is 0 Å². The number of unbranched alkanes of at least 4 members (excludes halogenated alkanes) is 2. The monoisotopic (exact) mass is 629 g/mol. The van der Waals surface area contributed by atoms with E-state index >= 15 is 0 Å². The number of hydrogen-bond acceptors (Lipinski definition) is 7. The van der Waals surface area contributed by atoms with Crippen molar-refractivity contribution in [1.29, 1.82) is 0 Å². The summed E-state index contributed by atoms with van der Waals surface area (Å²) in [5.41, 5.74) is 6.29. The molecule has 0 fully saturated rings. The van der Waals surface area contributed by atoms with E-state index in [2.05, 4.69) is 39.8 Å². The molecule has 0 spiro atoms. The maximum absolute atomic E-state index is 13.1. The molecular formula is C32H53ClNO5PS. The van der Waals surface area contributed by atoms with Gasteiger partial charge in [0, 0.05) is 13.2 Å². The van der Waals surface area contributed by atoms with Crippen molar-refractivity contribution in [2.45, 2.75) is 102 Å². The molecule has 1 unspecified atom stereocenters. The van der Waals surface area contributed by atoms with Gasteiger partial charge in [-0.2, -0.15) is 0 Å². The summed E-state index contributed by atoms with van der Waals surface area (Å²) < 4.78 is 22.2. The predicted octanol–water partition coefficient (Wildman–Crippen LogP) is 9.79. The van der Waals surface area contributed by atoms with Gasteiger partial charge in [-0.1, -0.05) is 40.0 Å². The Bertz CT molecular complexity index is 1070. The van der Waals surface area contributed by atoms with E-state index in [0.717, 1.165) is 35.3 Å². The molecule has 9 heteroatoms. The van der Waals surface area contributed by atoms with Crippen molar-refractivity contribution in [2.24, 2.45) is 11.4 Å². The van der Waals surface area contributed by atoms with Gasteiger partial charge >= 0.3 is 182 Å². The number of hydrogen-bond donors (Lipinski definition) is 1. The number of halogens is 1. The van der Waals surface area contributed by atoms with Crippen LogP contribution in [-0.2, 0) is 24.9 Å². The van der Waals surface area contributed by atoms with Crippen LogP contribution in [0.2, 0.25) is 5.02 Å². The Kier molecular flexibility index (Phi) is 16.4. The molecule has 41 heavy (non-hydrogen) atoms. The standard InChI is InChI=1S/C21H29ClNO4PS.C11H24O/c1-7-15-9-8-10-16(13-15)29-17-11-12-19(18(22)14-17)28(23,25-5,26-6)20(24)27-21(2,3)4;1-4-6-7-9-12-10-11(3)8-5-2/h8-14H,7,23H2,1-6H3;11H,4-10H2,1-3H3. The zero-order chi connectivity index (χ0) is 31.1. The van der Waals surface area contributed by atoms with Gasteiger partial charge in [0.15, 0.2) is 0 Å². The molecule has 0 aromatic heterocycles. The van der Waals surface area contributed by atoms with Gasteiger partial charge in [-0.3, -0.25) is 0 Å². The summed E-state index contributed by atoms with van der Waals surface area (Å²) in [5.74, 6) is 0.747. The SMILES string of the molecule is CCCCCOCC(C)CCC.CCc1cccc(Sc2ccc(P(N)(OC)(OC)C(=O)OC(C)(C)C)c(Cl)c2)c1. The first kappa shape index (κ1) is 37.8. The van der Waals surface area contributed by atoms with Gasteiger partial charge in [0.05, 0.1) is 0 Å². The van der Waals surface area contributed by atoms with E-state index in [4.69, 9.17) is 35.6 Å². The van der Waals surface area contributed by atoms with Crippen molar-refractivity contribution >= 4 is 41.6 Å².